The molecule has 1 N–H and O–H groups in total. The molecule has 0 aromatic carbocycles. The summed E-state index contributed by atoms with van der Waals surface area (Å²) in [6.45, 7) is 6.62. The lowest BCUT2D eigenvalue weighted by Gasteiger charge is -2.24. The minimum absolute atomic E-state index is 0.0800. The topological polar surface area (TPSA) is 20.2 Å². The third-order valence-corrected chi connectivity index (χ3v) is 3.72. The quantitative estimate of drug-likeness (QED) is 0.730. The van der Waals surface area contributed by atoms with Gasteiger partial charge in [0.15, 0.2) is 0 Å². The molecule has 1 saturated carbocycles. The minimum atomic E-state index is -0.0800. The zero-order valence-corrected chi connectivity index (χ0v) is 11.5. The van der Waals surface area contributed by atoms with Crippen LogP contribution in [0.5, 0.6) is 0 Å². The van der Waals surface area contributed by atoms with Crippen LogP contribution in [0.25, 0.3) is 0 Å². The van der Waals surface area contributed by atoms with Gasteiger partial charge in [-0.15, -0.1) is 0 Å². The lowest BCUT2D eigenvalue weighted by atomic mass is 9.84. The lowest BCUT2D eigenvalue weighted by Crippen LogP contribution is -2.17. The third kappa shape index (κ3) is 6.52. The summed E-state index contributed by atoms with van der Waals surface area (Å²) in [6.07, 6.45) is 11.6. The molecule has 1 aliphatic carbocycles. The zero-order chi connectivity index (χ0) is 12.0. The van der Waals surface area contributed by atoms with Gasteiger partial charge >= 0.3 is 0 Å². The van der Waals surface area contributed by atoms with Crippen LogP contribution in [-0.4, -0.2) is 11.2 Å². The molecule has 1 fully saturated rings. The van der Waals surface area contributed by atoms with Crippen molar-refractivity contribution in [3.8, 4) is 0 Å². The van der Waals surface area contributed by atoms with Crippen molar-refractivity contribution in [2.45, 2.75) is 84.7 Å². The Balaban J connectivity index is 2.05. The molecule has 1 atom stereocenters. The second kappa shape index (κ2) is 6.64. The molecular formula is C15H30O. The Morgan fingerprint density at radius 3 is 2.31 bits per heavy atom. The fourth-order valence-corrected chi connectivity index (χ4v) is 2.93. The molecular weight excluding hydrogens is 196 g/mol. The summed E-state index contributed by atoms with van der Waals surface area (Å²) in [7, 11) is 0. The predicted molar refractivity (Wildman–Crippen MR) is 70.5 cm³/mol. The van der Waals surface area contributed by atoms with Crippen molar-refractivity contribution >= 4 is 0 Å². The number of hydrogen-bond acceptors (Lipinski definition) is 1. The molecule has 0 heterocycles. The maximum atomic E-state index is 9.91. The highest BCUT2D eigenvalue weighted by atomic mass is 16.3. The second-order valence-corrected chi connectivity index (χ2v) is 6.85. The van der Waals surface area contributed by atoms with Gasteiger partial charge in [-0.2, -0.15) is 0 Å². The van der Waals surface area contributed by atoms with E-state index in [-0.39, 0.29) is 11.5 Å². The Morgan fingerprint density at radius 1 is 1.12 bits per heavy atom. The maximum absolute atomic E-state index is 9.91. The van der Waals surface area contributed by atoms with Crippen LogP contribution in [0, 0.1) is 11.3 Å². The normalized spacial score (nSPS) is 21.0. The van der Waals surface area contributed by atoms with E-state index in [0.717, 1.165) is 18.8 Å². The molecule has 0 aromatic heterocycles. The van der Waals surface area contributed by atoms with Crippen LogP contribution in [0.4, 0.5) is 0 Å². The SMILES string of the molecule is CC(C)(C)CC(O)CCCC1CCCCC1. The third-order valence-electron chi connectivity index (χ3n) is 3.72. The monoisotopic (exact) mass is 226 g/mol. The average molecular weight is 226 g/mol. The molecule has 1 nitrogen and oxygen atoms in total. The molecule has 0 saturated heterocycles. The number of hydrogen-bond donors (Lipinski definition) is 1. The van der Waals surface area contributed by atoms with E-state index in [1.165, 1.54) is 44.9 Å². The first-order valence-electron chi connectivity index (χ1n) is 7.15. The molecule has 0 amide bonds. The maximum Gasteiger partial charge on any atom is 0.0545 e. The molecule has 1 heteroatoms. The minimum Gasteiger partial charge on any atom is -0.393 e. The van der Waals surface area contributed by atoms with E-state index >= 15 is 0 Å². The summed E-state index contributed by atoms with van der Waals surface area (Å²) in [6, 6.07) is 0. The van der Waals surface area contributed by atoms with E-state index < -0.39 is 0 Å². The highest BCUT2D eigenvalue weighted by Gasteiger charge is 2.17. The van der Waals surface area contributed by atoms with Gasteiger partial charge in [0.25, 0.3) is 0 Å². The highest BCUT2D eigenvalue weighted by Crippen LogP contribution is 2.29. The van der Waals surface area contributed by atoms with E-state index in [2.05, 4.69) is 20.8 Å². The molecule has 0 aromatic rings. The Labute approximate surface area is 102 Å². The Kier molecular flexibility index (Phi) is 5.82. The Hall–Kier alpha value is -0.0400. The highest BCUT2D eigenvalue weighted by molar-refractivity contribution is 4.70. The van der Waals surface area contributed by atoms with Gasteiger partial charge in [-0.25, -0.2) is 0 Å². The van der Waals surface area contributed by atoms with Gasteiger partial charge in [-0.1, -0.05) is 65.7 Å². The Morgan fingerprint density at radius 2 is 1.75 bits per heavy atom. The number of aliphatic hydroxyl groups is 1. The summed E-state index contributed by atoms with van der Waals surface area (Å²) in [5, 5.41) is 9.91. The molecule has 0 aliphatic heterocycles. The van der Waals surface area contributed by atoms with Crippen molar-refractivity contribution < 1.29 is 5.11 Å². The van der Waals surface area contributed by atoms with Gasteiger partial charge < -0.3 is 5.11 Å². The van der Waals surface area contributed by atoms with Crippen LogP contribution >= 0.6 is 0 Å². The molecule has 16 heavy (non-hydrogen) atoms. The second-order valence-electron chi connectivity index (χ2n) is 6.85. The smallest absolute Gasteiger partial charge is 0.0545 e. The largest absolute Gasteiger partial charge is 0.393 e. The number of aliphatic hydroxyl groups excluding tert-OH is 1. The number of rotatable bonds is 5. The van der Waals surface area contributed by atoms with E-state index in [9.17, 15) is 5.11 Å². The first kappa shape index (κ1) is 14.0. The molecule has 0 radical (unpaired) electrons. The molecule has 1 unspecified atom stereocenters. The predicted octanol–water partition coefficient (Wildman–Crippen LogP) is 4.53. The molecule has 0 spiro atoms. The van der Waals surface area contributed by atoms with Gasteiger partial charge in [0.2, 0.25) is 0 Å². The zero-order valence-electron chi connectivity index (χ0n) is 11.5. The van der Waals surface area contributed by atoms with Crippen LogP contribution in [0.1, 0.15) is 78.6 Å². The summed E-state index contributed by atoms with van der Waals surface area (Å²) in [5.74, 6) is 0.968. The van der Waals surface area contributed by atoms with Crippen molar-refractivity contribution in [1.29, 1.82) is 0 Å². The summed E-state index contributed by atoms with van der Waals surface area (Å²) < 4.78 is 0. The fourth-order valence-electron chi connectivity index (χ4n) is 2.93. The van der Waals surface area contributed by atoms with Crippen molar-refractivity contribution in [3.63, 3.8) is 0 Å². The molecule has 1 aliphatic rings. The van der Waals surface area contributed by atoms with Gasteiger partial charge in [0, 0.05) is 0 Å². The van der Waals surface area contributed by atoms with E-state index in [1.54, 1.807) is 0 Å². The molecule has 96 valence electrons. The van der Waals surface area contributed by atoms with Gasteiger partial charge in [-0.05, 0) is 24.2 Å². The van der Waals surface area contributed by atoms with Crippen molar-refractivity contribution in [2.75, 3.05) is 0 Å². The summed E-state index contributed by atoms with van der Waals surface area (Å²) in [4.78, 5) is 0. The Bertz CT molecular complexity index is 174. The first-order valence-corrected chi connectivity index (χ1v) is 7.15. The van der Waals surface area contributed by atoms with Crippen LogP contribution in [0.2, 0.25) is 0 Å². The van der Waals surface area contributed by atoms with Crippen LogP contribution in [0.3, 0.4) is 0 Å². The van der Waals surface area contributed by atoms with Crippen LogP contribution in [-0.2, 0) is 0 Å². The molecule has 0 bridgehead atoms. The average Bonchev–Trinajstić information content (AvgIpc) is 2.16. The van der Waals surface area contributed by atoms with E-state index in [1.807, 2.05) is 0 Å². The standard InChI is InChI=1S/C15H30O/c1-15(2,3)12-14(16)11-7-10-13-8-5-4-6-9-13/h13-14,16H,4-12H2,1-3H3. The lowest BCUT2D eigenvalue weighted by molar-refractivity contribution is 0.108. The molecule has 1 rings (SSSR count). The summed E-state index contributed by atoms with van der Waals surface area (Å²) >= 11 is 0. The summed E-state index contributed by atoms with van der Waals surface area (Å²) in [5.41, 5.74) is 0.268. The van der Waals surface area contributed by atoms with E-state index in [0.29, 0.717) is 0 Å². The van der Waals surface area contributed by atoms with Gasteiger partial charge in [0.05, 0.1) is 6.10 Å². The van der Waals surface area contributed by atoms with Gasteiger partial charge in [0.1, 0.15) is 0 Å². The van der Waals surface area contributed by atoms with Crippen molar-refractivity contribution in [2.24, 2.45) is 11.3 Å². The van der Waals surface area contributed by atoms with Crippen molar-refractivity contribution in [1.82, 2.24) is 0 Å². The first-order chi connectivity index (χ1) is 7.47. The van der Waals surface area contributed by atoms with Crippen LogP contribution in [0.15, 0.2) is 0 Å². The van der Waals surface area contributed by atoms with Crippen LogP contribution < -0.4 is 0 Å². The fraction of sp³-hybridized carbons (Fsp3) is 1.00. The van der Waals surface area contributed by atoms with E-state index in [4.69, 9.17) is 0 Å². The van der Waals surface area contributed by atoms with Gasteiger partial charge in [-0.3, -0.25) is 0 Å². The van der Waals surface area contributed by atoms with Crippen molar-refractivity contribution in [3.05, 3.63) is 0 Å².